The van der Waals surface area contributed by atoms with Crippen molar-refractivity contribution >= 4 is 39.3 Å². The Morgan fingerprint density at radius 3 is 3.08 bits per heavy atom. The Labute approximate surface area is 155 Å². The second-order valence-corrected chi connectivity index (χ2v) is 9.10. The fourth-order valence-electron chi connectivity index (χ4n) is 3.03. The molecule has 2 heterocycles. The number of H-pyrrole nitrogens is 1. The number of rotatable bonds is 6. The first-order valence-corrected chi connectivity index (χ1v) is 10.6. The highest BCUT2D eigenvalue weighted by atomic mass is 32.2. The molecular weight excluding hydrogens is 356 g/mol. The molecule has 5 nitrogen and oxygen atoms in total. The maximum Gasteiger partial charge on any atom is 0.319 e. The summed E-state index contributed by atoms with van der Waals surface area (Å²) in [4.78, 5) is 34.1. The third kappa shape index (κ3) is 4.08. The zero-order valence-electron chi connectivity index (χ0n) is 14.9. The van der Waals surface area contributed by atoms with Crippen LogP contribution in [-0.4, -0.2) is 27.8 Å². The molecule has 0 aromatic carbocycles. The number of aromatic nitrogens is 2. The SMILES string of the molecule is CCCCOC(=O)[C@@H](C)Sc1nc2sc3c(c2c(=O)[nH]1)CC[C@@H](C)C3. The highest BCUT2D eigenvalue weighted by Crippen LogP contribution is 2.36. The lowest BCUT2D eigenvalue weighted by molar-refractivity contribution is -0.142. The molecule has 0 amide bonds. The zero-order chi connectivity index (χ0) is 18.0. The average molecular weight is 381 g/mol. The maximum absolute atomic E-state index is 12.6. The van der Waals surface area contributed by atoms with E-state index < -0.39 is 5.25 Å². The number of thioether (sulfide) groups is 1. The minimum atomic E-state index is -0.396. The molecular formula is C18H24N2O3S2. The fourth-order valence-corrected chi connectivity index (χ4v) is 5.27. The summed E-state index contributed by atoms with van der Waals surface area (Å²) in [6.07, 6.45) is 4.95. The van der Waals surface area contributed by atoms with Crippen molar-refractivity contribution in [3.05, 3.63) is 20.8 Å². The highest BCUT2D eigenvalue weighted by molar-refractivity contribution is 8.00. The number of aryl methyl sites for hydroxylation is 1. The molecule has 0 bridgehead atoms. The topological polar surface area (TPSA) is 72.0 Å². The normalized spacial score (nSPS) is 18.1. The van der Waals surface area contributed by atoms with Crippen LogP contribution in [0.2, 0.25) is 0 Å². The van der Waals surface area contributed by atoms with E-state index in [9.17, 15) is 9.59 Å². The van der Waals surface area contributed by atoms with Crippen LogP contribution in [0.1, 0.15) is 50.5 Å². The lowest BCUT2D eigenvalue weighted by Gasteiger charge is -2.17. The van der Waals surface area contributed by atoms with Crippen LogP contribution in [-0.2, 0) is 22.4 Å². The zero-order valence-corrected chi connectivity index (χ0v) is 16.5. The quantitative estimate of drug-likeness (QED) is 0.356. The number of aromatic amines is 1. The Bertz CT molecular complexity index is 828. The molecule has 136 valence electrons. The molecule has 0 aliphatic heterocycles. The summed E-state index contributed by atoms with van der Waals surface area (Å²) < 4.78 is 5.24. The van der Waals surface area contributed by atoms with Crippen LogP contribution >= 0.6 is 23.1 Å². The van der Waals surface area contributed by atoms with Gasteiger partial charge in [0.2, 0.25) is 0 Å². The van der Waals surface area contributed by atoms with Crippen molar-refractivity contribution in [2.24, 2.45) is 5.92 Å². The molecule has 2 atom stereocenters. The van der Waals surface area contributed by atoms with Crippen LogP contribution in [0.15, 0.2) is 9.95 Å². The molecule has 0 spiro atoms. The number of hydrogen-bond acceptors (Lipinski definition) is 6. The summed E-state index contributed by atoms with van der Waals surface area (Å²) in [5.74, 6) is 0.395. The van der Waals surface area contributed by atoms with Crippen molar-refractivity contribution in [3.63, 3.8) is 0 Å². The van der Waals surface area contributed by atoms with Crippen molar-refractivity contribution in [1.29, 1.82) is 0 Å². The van der Waals surface area contributed by atoms with Gasteiger partial charge in [0.05, 0.1) is 12.0 Å². The van der Waals surface area contributed by atoms with Gasteiger partial charge in [-0.3, -0.25) is 9.59 Å². The average Bonchev–Trinajstić information content (AvgIpc) is 2.92. The van der Waals surface area contributed by atoms with Crippen LogP contribution in [0.5, 0.6) is 0 Å². The van der Waals surface area contributed by atoms with E-state index in [0.29, 0.717) is 17.7 Å². The van der Waals surface area contributed by atoms with Crippen LogP contribution in [0.25, 0.3) is 10.2 Å². The van der Waals surface area contributed by atoms with Gasteiger partial charge in [0, 0.05) is 4.88 Å². The van der Waals surface area contributed by atoms with Gasteiger partial charge in [-0.1, -0.05) is 32.0 Å². The minimum absolute atomic E-state index is 0.0916. The lowest BCUT2D eigenvalue weighted by Crippen LogP contribution is -2.19. The van der Waals surface area contributed by atoms with Crippen LogP contribution in [0.3, 0.4) is 0 Å². The molecule has 0 saturated heterocycles. The van der Waals surface area contributed by atoms with Crippen molar-refractivity contribution < 1.29 is 9.53 Å². The van der Waals surface area contributed by atoms with E-state index in [1.54, 1.807) is 18.3 Å². The number of hydrogen-bond donors (Lipinski definition) is 1. The Morgan fingerprint density at radius 1 is 1.52 bits per heavy atom. The van der Waals surface area contributed by atoms with Gasteiger partial charge in [0.15, 0.2) is 5.16 Å². The molecule has 7 heteroatoms. The second-order valence-electron chi connectivity index (χ2n) is 6.68. The molecule has 1 N–H and O–H groups in total. The van der Waals surface area contributed by atoms with E-state index in [0.717, 1.165) is 42.3 Å². The lowest BCUT2D eigenvalue weighted by atomic mass is 9.89. The Hall–Kier alpha value is -1.34. The Morgan fingerprint density at radius 2 is 2.32 bits per heavy atom. The van der Waals surface area contributed by atoms with Crippen molar-refractivity contribution in [1.82, 2.24) is 9.97 Å². The predicted octanol–water partition coefficient (Wildman–Crippen LogP) is 3.93. The van der Waals surface area contributed by atoms with Crippen molar-refractivity contribution in [3.8, 4) is 0 Å². The molecule has 3 rings (SSSR count). The van der Waals surface area contributed by atoms with Crippen LogP contribution in [0, 0.1) is 5.92 Å². The van der Waals surface area contributed by atoms with Gasteiger partial charge in [-0.05, 0) is 44.1 Å². The van der Waals surface area contributed by atoms with E-state index in [-0.39, 0.29) is 11.5 Å². The molecule has 2 aromatic rings. The van der Waals surface area contributed by atoms with Crippen molar-refractivity contribution in [2.45, 2.75) is 63.3 Å². The van der Waals surface area contributed by atoms with Gasteiger partial charge in [0.1, 0.15) is 10.1 Å². The number of unbranched alkanes of at least 4 members (excludes halogenated alkanes) is 1. The summed E-state index contributed by atoms with van der Waals surface area (Å²) in [5.41, 5.74) is 1.08. The molecule has 0 radical (unpaired) electrons. The van der Waals surface area contributed by atoms with E-state index in [1.807, 2.05) is 0 Å². The fraction of sp³-hybridized carbons (Fsp3) is 0.611. The van der Waals surface area contributed by atoms with E-state index >= 15 is 0 Å². The van der Waals surface area contributed by atoms with Gasteiger partial charge in [0.25, 0.3) is 5.56 Å². The largest absolute Gasteiger partial charge is 0.465 e. The van der Waals surface area contributed by atoms with E-state index in [1.165, 1.54) is 22.2 Å². The number of nitrogens with one attached hydrogen (secondary N) is 1. The first-order chi connectivity index (χ1) is 12.0. The number of carbonyl (C=O) groups excluding carboxylic acids is 1. The molecule has 0 fully saturated rings. The summed E-state index contributed by atoms with van der Waals surface area (Å²) in [6.45, 7) is 6.53. The van der Waals surface area contributed by atoms with Gasteiger partial charge in [-0.2, -0.15) is 0 Å². The number of carbonyl (C=O) groups is 1. The molecule has 0 saturated carbocycles. The maximum atomic E-state index is 12.6. The molecule has 2 aromatic heterocycles. The van der Waals surface area contributed by atoms with Crippen molar-refractivity contribution in [2.75, 3.05) is 6.61 Å². The van der Waals surface area contributed by atoms with E-state index in [4.69, 9.17) is 4.74 Å². The molecule has 25 heavy (non-hydrogen) atoms. The number of ether oxygens (including phenoxy) is 1. The standard InChI is InChI=1S/C18H24N2O3S2/c1-4-5-8-23-17(22)11(3)24-18-19-15(21)14-12-7-6-10(2)9-13(12)25-16(14)20-18/h10-11H,4-9H2,1-3H3,(H,19,20,21)/t10-,11-/m1/s1. The van der Waals surface area contributed by atoms with Gasteiger partial charge in [-0.15, -0.1) is 11.3 Å². The molecule has 1 aliphatic carbocycles. The van der Waals surface area contributed by atoms with Gasteiger partial charge in [-0.25, -0.2) is 4.98 Å². The number of nitrogens with zero attached hydrogens (tertiary/aromatic N) is 1. The third-order valence-electron chi connectivity index (χ3n) is 4.51. The third-order valence-corrected chi connectivity index (χ3v) is 6.62. The number of fused-ring (bicyclic) bond motifs is 3. The minimum Gasteiger partial charge on any atom is -0.465 e. The molecule has 1 aliphatic rings. The first kappa shape index (κ1) is 18.5. The summed E-state index contributed by atoms with van der Waals surface area (Å²) >= 11 is 2.87. The smallest absolute Gasteiger partial charge is 0.319 e. The highest BCUT2D eigenvalue weighted by Gasteiger charge is 2.24. The van der Waals surface area contributed by atoms with E-state index in [2.05, 4.69) is 23.8 Å². The molecule has 0 unspecified atom stereocenters. The number of esters is 1. The van der Waals surface area contributed by atoms with Crippen LogP contribution in [0.4, 0.5) is 0 Å². The predicted molar refractivity (Wildman–Crippen MR) is 103 cm³/mol. The number of thiophene rings is 1. The summed E-state index contributed by atoms with van der Waals surface area (Å²) in [7, 11) is 0. The summed E-state index contributed by atoms with van der Waals surface area (Å²) in [6, 6.07) is 0. The Kier molecular flexibility index (Phi) is 5.84. The summed E-state index contributed by atoms with van der Waals surface area (Å²) in [5, 5.41) is 0.838. The first-order valence-electron chi connectivity index (χ1n) is 8.87. The monoisotopic (exact) mass is 380 g/mol. The Balaban J connectivity index is 1.79. The second kappa shape index (κ2) is 7.91. The van der Waals surface area contributed by atoms with Crippen LogP contribution < -0.4 is 5.56 Å². The van der Waals surface area contributed by atoms with Gasteiger partial charge >= 0.3 is 5.97 Å². The van der Waals surface area contributed by atoms with Gasteiger partial charge < -0.3 is 9.72 Å².